The average Bonchev–Trinajstić information content (AvgIpc) is 2.75. The summed E-state index contributed by atoms with van der Waals surface area (Å²) >= 11 is 5.71. The second kappa shape index (κ2) is 5.73. The minimum Gasteiger partial charge on any atom is -0.449 e. The standard InChI is InChI=1S/C12H13ClN2O3S/c1-9-15-11(8-18-9)6-7-14-19(16,17)12-4-2-10(13)3-5-12/h2-5,8,14H,6-7H2,1H3. The summed E-state index contributed by atoms with van der Waals surface area (Å²) in [5.74, 6) is 0.565. The molecule has 2 rings (SSSR count). The van der Waals surface area contributed by atoms with Gasteiger partial charge in [-0.15, -0.1) is 0 Å². The molecule has 0 aliphatic heterocycles. The summed E-state index contributed by atoms with van der Waals surface area (Å²) in [4.78, 5) is 4.28. The first-order valence-corrected chi connectivity index (χ1v) is 7.50. The van der Waals surface area contributed by atoms with Gasteiger partial charge in [0, 0.05) is 24.9 Å². The molecular weight excluding hydrogens is 288 g/mol. The van der Waals surface area contributed by atoms with E-state index in [0.717, 1.165) is 5.69 Å². The van der Waals surface area contributed by atoms with E-state index in [1.807, 2.05) is 0 Å². The summed E-state index contributed by atoms with van der Waals surface area (Å²) in [6, 6.07) is 6.00. The first kappa shape index (κ1) is 14.0. The van der Waals surface area contributed by atoms with Crippen molar-refractivity contribution >= 4 is 21.6 Å². The van der Waals surface area contributed by atoms with Crippen LogP contribution in [-0.2, 0) is 16.4 Å². The summed E-state index contributed by atoms with van der Waals surface area (Å²) in [5.41, 5.74) is 0.719. The normalized spacial score (nSPS) is 11.7. The molecule has 0 saturated carbocycles. The van der Waals surface area contributed by atoms with Crippen LogP contribution in [0.5, 0.6) is 0 Å². The molecule has 0 spiro atoms. The Labute approximate surface area is 116 Å². The quantitative estimate of drug-likeness (QED) is 0.918. The van der Waals surface area contributed by atoms with Crippen LogP contribution in [0.1, 0.15) is 11.6 Å². The lowest BCUT2D eigenvalue weighted by Gasteiger charge is -2.05. The van der Waals surface area contributed by atoms with E-state index >= 15 is 0 Å². The zero-order valence-electron chi connectivity index (χ0n) is 10.3. The van der Waals surface area contributed by atoms with E-state index < -0.39 is 10.0 Å². The van der Waals surface area contributed by atoms with E-state index in [1.54, 1.807) is 6.92 Å². The molecule has 1 N–H and O–H groups in total. The molecule has 0 atom stereocenters. The van der Waals surface area contributed by atoms with Gasteiger partial charge in [0.15, 0.2) is 5.89 Å². The number of benzene rings is 1. The molecule has 0 unspecified atom stereocenters. The highest BCUT2D eigenvalue weighted by molar-refractivity contribution is 7.89. The maximum Gasteiger partial charge on any atom is 0.240 e. The fourth-order valence-corrected chi connectivity index (χ4v) is 2.69. The molecule has 2 aromatic rings. The van der Waals surface area contributed by atoms with Gasteiger partial charge < -0.3 is 4.42 Å². The number of nitrogens with zero attached hydrogens (tertiary/aromatic N) is 1. The number of halogens is 1. The predicted molar refractivity (Wildman–Crippen MR) is 71.6 cm³/mol. The summed E-state index contributed by atoms with van der Waals surface area (Å²) in [6.07, 6.45) is 2.00. The van der Waals surface area contributed by atoms with Gasteiger partial charge in [-0.2, -0.15) is 0 Å². The van der Waals surface area contributed by atoms with Crippen molar-refractivity contribution in [2.45, 2.75) is 18.2 Å². The van der Waals surface area contributed by atoms with Crippen LogP contribution in [0.15, 0.2) is 39.8 Å². The molecule has 0 aliphatic carbocycles. The van der Waals surface area contributed by atoms with Crippen molar-refractivity contribution in [2.24, 2.45) is 0 Å². The third-order valence-electron chi connectivity index (χ3n) is 2.46. The molecule has 0 saturated heterocycles. The number of hydrogen-bond donors (Lipinski definition) is 1. The highest BCUT2D eigenvalue weighted by atomic mass is 35.5. The minimum atomic E-state index is -3.51. The van der Waals surface area contributed by atoms with Crippen LogP contribution in [0.25, 0.3) is 0 Å². The molecule has 19 heavy (non-hydrogen) atoms. The summed E-state index contributed by atoms with van der Waals surface area (Å²) in [5, 5.41) is 0.497. The summed E-state index contributed by atoms with van der Waals surface area (Å²) in [6.45, 7) is 2.00. The third kappa shape index (κ3) is 3.79. The van der Waals surface area contributed by atoms with Crippen molar-refractivity contribution in [1.82, 2.24) is 9.71 Å². The topological polar surface area (TPSA) is 72.2 Å². The zero-order chi connectivity index (χ0) is 13.9. The van der Waals surface area contributed by atoms with Crippen LogP contribution >= 0.6 is 11.6 Å². The number of rotatable bonds is 5. The first-order valence-electron chi connectivity index (χ1n) is 5.63. The molecule has 0 bridgehead atoms. The molecule has 102 valence electrons. The number of sulfonamides is 1. The van der Waals surface area contributed by atoms with E-state index in [4.69, 9.17) is 16.0 Å². The molecule has 1 aromatic carbocycles. The van der Waals surface area contributed by atoms with Crippen molar-refractivity contribution in [3.05, 3.63) is 47.1 Å². The lowest BCUT2D eigenvalue weighted by atomic mass is 10.3. The van der Waals surface area contributed by atoms with Crippen LogP contribution in [0.3, 0.4) is 0 Å². The molecule has 0 aliphatic rings. The van der Waals surface area contributed by atoms with E-state index in [-0.39, 0.29) is 11.4 Å². The smallest absolute Gasteiger partial charge is 0.240 e. The Morgan fingerprint density at radius 1 is 1.32 bits per heavy atom. The van der Waals surface area contributed by atoms with Gasteiger partial charge in [-0.3, -0.25) is 0 Å². The highest BCUT2D eigenvalue weighted by Gasteiger charge is 2.13. The highest BCUT2D eigenvalue weighted by Crippen LogP contribution is 2.13. The Balaban J connectivity index is 1.96. The van der Waals surface area contributed by atoms with Crippen molar-refractivity contribution < 1.29 is 12.8 Å². The monoisotopic (exact) mass is 300 g/mol. The fourth-order valence-electron chi connectivity index (χ4n) is 1.53. The van der Waals surface area contributed by atoms with Crippen molar-refractivity contribution in [3.8, 4) is 0 Å². The van der Waals surface area contributed by atoms with Crippen LogP contribution in [0.4, 0.5) is 0 Å². The van der Waals surface area contributed by atoms with Gasteiger partial charge in [0.25, 0.3) is 0 Å². The Morgan fingerprint density at radius 2 is 2.00 bits per heavy atom. The van der Waals surface area contributed by atoms with Gasteiger partial charge >= 0.3 is 0 Å². The fraction of sp³-hybridized carbons (Fsp3) is 0.250. The van der Waals surface area contributed by atoms with Crippen LogP contribution < -0.4 is 4.72 Å². The SMILES string of the molecule is Cc1nc(CCNS(=O)(=O)c2ccc(Cl)cc2)co1. The lowest BCUT2D eigenvalue weighted by molar-refractivity contribution is 0.520. The van der Waals surface area contributed by atoms with E-state index in [2.05, 4.69) is 9.71 Å². The Kier molecular flexibility index (Phi) is 4.24. The second-order valence-electron chi connectivity index (χ2n) is 3.96. The van der Waals surface area contributed by atoms with E-state index in [9.17, 15) is 8.42 Å². The lowest BCUT2D eigenvalue weighted by Crippen LogP contribution is -2.26. The van der Waals surface area contributed by atoms with Crippen molar-refractivity contribution in [2.75, 3.05) is 6.54 Å². The predicted octanol–water partition coefficient (Wildman–Crippen LogP) is 2.16. The Bertz CT molecular complexity index is 650. The molecular formula is C12H13ClN2O3S. The number of oxazole rings is 1. The second-order valence-corrected chi connectivity index (χ2v) is 6.16. The van der Waals surface area contributed by atoms with E-state index in [0.29, 0.717) is 17.3 Å². The molecule has 7 heteroatoms. The van der Waals surface area contributed by atoms with Gasteiger partial charge in [-0.25, -0.2) is 18.1 Å². The molecule has 0 amide bonds. The number of nitrogens with one attached hydrogen (secondary N) is 1. The molecule has 5 nitrogen and oxygen atoms in total. The van der Waals surface area contributed by atoms with Gasteiger partial charge in [0.2, 0.25) is 10.0 Å². The third-order valence-corrected chi connectivity index (χ3v) is 4.19. The number of aryl methyl sites for hydroxylation is 1. The van der Waals surface area contributed by atoms with E-state index in [1.165, 1.54) is 30.5 Å². The summed E-state index contributed by atoms with van der Waals surface area (Å²) < 4.78 is 31.4. The average molecular weight is 301 g/mol. The van der Waals surface area contributed by atoms with Crippen LogP contribution in [-0.4, -0.2) is 19.9 Å². The number of hydrogen-bond acceptors (Lipinski definition) is 4. The maximum absolute atomic E-state index is 11.9. The Morgan fingerprint density at radius 3 is 2.58 bits per heavy atom. The van der Waals surface area contributed by atoms with Gasteiger partial charge in [-0.1, -0.05) is 11.6 Å². The molecule has 0 radical (unpaired) electrons. The zero-order valence-corrected chi connectivity index (χ0v) is 11.8. The molecule has 1 heterocycles. The van der Waals surface area contributed by atoms with Gasteiger partial charge in [-0.05, 0) is 24.3 Å². The first-order chi connectivity index (χ1) is 8.97. The molecule has 0 fully saturated rings. The largest absolute Gasteiger partial charge is 0.449 e. The number of aromatic nitrogens is 1. The van der Waals surface area contributed by atoms with Crippen molar-refractivity contribution in [3.63, 3.8) is 0 Å². The summed E-state index contributed by atoms with van der Waals surface area (Å²) in [7, 11) is -3.51. The Hall–Kier alpha value is -1.37. The van der Waals surface area contributed by atoms with Gasteiger partial charge in [0.1, 0.15) is 6.26 Å². The minimum absolute atomic E-state index is 0.188. The maximum atomic E-state index is 11.9. The van der Waals surface area contributed by atoms with Crippen LogP contribution in [0.2, 0.25) is 5.02 Å². The van der Waals surface area contributed by atoms with Gasteiger partial charge in [0.05, 0.1) is 10.6 Å². The van der Waals surface area contributed by atoms with Crippen molar-refractivity contribution in [1.29, 1.82) is 0 Å². The van der Waals surface area contributed by atoms with Crippen LogP contribution in [0, 0.1) is 6.92 Å². The molecule has 1 aromatic heterocycles.